The molecule has 3 aromatic carbocycles. The summed E-state index contributed by atoms with van der Waals surface area (Å²) in [4.78, 5) is 42.4. The van der Waals surface area contributed by atoms with E-state index in [1.165, 1.54) is 0 Å². The van der Waals surface area contributed by atoms with Gasteiger partial charge >= 0.3 is 6.03 Å². The maximum Gasteiger partial charge on any atom is 0.328 e. The van der Waals surface area contributed by atoms with Crippen LogP contribution in [-0.2, 0) is 9.53 Å². The van der Waals surface area contributed by atoms with Crippen LogP contribution in [0.5, 0.6) is 5.75 Å². The minimum Gasteiger partial charge on any atom is -0.493 e. The maximum atomic E-state index is 12.1. The Morgan fingerprint density at radius 2 is 1.84 bits per heavy atom. The minimum absolute atomic E-state index is 0.117. The van der Waals surface area contributed by atoms with Crippen LogP contribution in [0.3, 0.4) is 0 Å². The van der Waals surface area contributed by atoms with E-state index in [1.807, 2.05) is 63.6 Å². The fourth-order valence-corrected chi connectivity index (χ4v) is 7.90. The van der Waals surface area contributed by atoms with Gasteiger partial charge in [-0.25, -0.2) is 14.8 Å². The number of urea groups is 1. The molecule has 13 nitrogen and oxygen atoms in total. The lowest BCUT2D eigenvalue weighted by Gasteiger charge is -2.47. The topological polar surface area (TPSA) is 127 Å². The fourth-order valence-electron chi connectivity index (χ4n) is 7.35. The van der Waals surface area contributed by atoms with Crippen LogP contribution in [0.15, 0.2) is 71.9 Å². The zero-order chi connectivity index (χ0) is 38.2. The van der Waals surface area contributed by atoms with Crippen LogP contribution in [-0.4, -0.2) is 117 Å². The van der Waals surface area contributed by atoms with Crippen LogP contribution in [0.4, 0.5) is 27.7 Å². The van der Waals surface area contributed by atoms with E-state index in [4.69, 9.17) is 9.47 Å². The number of likely N-dealkylation sites (tertiary alicyclic amines) is 1. The van der Waals surface area contributed by atoms with Crippen molar-refractivity contribution in [3.05, 3.63) is 72.6 Å². The Kier molecular flexibility index (Phi) is 12.3. The molecular weight excluding hydrogens is 715 g/mol. The first-order chi connectivity index (χ1) is 26.8. The summed E-state index contributed by atoms with van der Waals surface area (Å²) in [6.07, 6.45) is 4.84. The number of carbonyl (C=O) groups excluding carboxylic acids is 2. The van der Waals surface area contributed by atoms with E-state index in [0.29, 0.717) is 26.1 Å². The van der Waals surface area contributed by atoms with Gasteiger partial charge in [-0.05, 0) is 92.9 Å². The highest BCUT2D eigenvalue weighted by atomic mass is 32.2. The average Bonchev–Trinajstić information content (AvgIpc) is 3.18. The van der Waals surface area contributed by atoms with Gasteiger partial charge in [0.15, 0.2) is 0 Å². The number of piperidine rings is 1. The molecule has 3 aliphatic rings. The van der Waals surface area contributed by atoms with E-state index in [9.17, 15) is 9.59 Å². The molecule has 0 aliphatic carbocycles. The summed E-state index contributed by atoms with van der Waals surface area (Å²) in [5, 5.41) is 6.83. The van der Waals surface area contributed by atoms with Gasteiger partial charge in [0.2, 0.25) is 5.91 Å². The molecule has 3 aliphatic heterocycles. The van der Waals surface area contributed by atoms with Crippen molar-refractivity contribution >= 4 is 57.7 Å². The van der Waals surface area contributed by atoms with Gasteiger partial charge in [0.25, 0.3) is 0 Å². The van der Waals surface area contributed by atoms with E-state index in [0.717, 1.165) is 109 Å². The first-order valence-electron chi connectivity index (χ1n) is 18.9. The van der Waals surface area contributed by atoms with Crippen molar-refractivity contribution in [1.82, 2.24) is 29.8 Å². The average molecular weight is 764 g/mol. The van der Waals surface area contributed by atoms with Gasteiger partial charge in [-0.1, -0.05) is 11.8 Å². The summed E-state index contributed by atoms with van der Waals surface area (Å²) in [6, 6.07) is 19.6. The normalized spacial score (nSPS) is 17.5. The van der Waals surface area contributed by atoms with Gasteiger partial charge in [-0.2, -0.15) is 0 Å². The Hall–Kier alpha value is -4.91. The maximum absolute atomic E-state index is 12.1. The Morgan fingerprint density at radius 3 is 2.62 bits per heavy atom. The van der Waals surface area contributed by atoms with E-state index < -0.39 is 0 Å². The molecule has 4 aromatic rings. The summed E-state index contributed by atoms with van der Waals surface area (Å²) in [6.45, 7) is 7.17. The second-order valence-electron chi connectivity index (χ2n) is 14.3. The van der Waals surface area contributed by atoms with Gasteiger partial charge in [0.05, 0.1) is 42.3 Å². The molecule has 3 fully saturated rings. The van der Waals surface area contributed by atoms with Crippen molar-refractivity contribution in [2.45, 2.75) is 36.2 Å². The van der Waals surface area contributed by atoms with Gasteiger partial charge in [0.1, 0.15) is 17.9 Å². The first kappa shape index (κ1) is 38.4. The number of benzene rings is 3. The quantitative estimate of drug-likeness (QED) is 0.101. The van der Waals surface area contributed by atoms with Crippen molar-refractivity contribution in [3.63, 3.8) is 0 Å². The minimum atomic E-state index is -0.380. The smallest absolute Gasteiger partial charge is 0.328 e. The van der Waals surface area contributed by atoms with Crippen LogP contribution in [0, 0.1) is 11.8 Å². The van der Waals surface area contributed by atoms with Crippen LogP contribution < -0.4 is 29.9 Å². The predicted molar refractivity (Wildman–Crippen MR) is 218 cm³/mol. The van der Waals surface area contributed by atoms with Crippen molar-refractivity contribution in [2.75, 3.05) is 95.3 Å². The molecule has 3 saturated heterocycles. The van der Waals surface area contributed by atoms with Crippen LogP contribution in [0.25, 0.3) is 10.9 Å². The highest BCUT2D eigenvalue weighted by molar-refractivity contribution is 7.97. The largest absolute Gasteiger partial charge is 0.493 e. The molecule has 7 rings (SSSR count). The van der Waals surface area contributed by atoms with Gasteiger partial charge in [-0.15, -0.1) is 0 Å². The summed E-state index contributed by atoms with van der Waals surface area (Å²) in [5.74, 6) is 7.93. The Morgan fingerprint density at radius 1 is 1.00 bits per heavy atom. The number of morpholine rings is 1. The first-order valence-corrected chi connectivity index (χ1v) is 19.7. The van der Waals surface area contributed by atoms with E-state index in [1.54, 1.807) is 23.2 Å². The zero-order valence-electron chi connectivity index (χ0n) is 31.8. The molecule has 0 saturated carbocycles. The lowest BCUT2D eigenvalue weighted by molar-refractivity contribution is -0.133. The van der Waals surface area contributed by atoms with Crippen LogP contribution >= 0.6 is 11.9 Å². The number of aromatic nitrogens is 2. The molecule has 3 amide bonds. The number of rotatable bonds is 12. The molecule has 1 aromatic heterocycles. The number of carbonyl (C=O) groups is 2. The SMILES string of the molecule is CNSc1ccc(N(C)C)c(Nc2ncnc3cc(OCCCN4CCC5(CC4)CN(CC#Cc4ccc(N6CCC(=O)NC6=O)cc4)CCO5)ccc23)c1. The number of anilines is 4. The lowest BCUT2D eigenvalue weighted by atomic mass is 9.89. The van der Waals surface area contributed by atoms with E-state index in [-0.39, 0.29) is 17.5 Å². The van der Waals surface area contributed by atoms with E-state index in [2.05, 4.69) is 70.1 Å². The van der Waals surface area contributed by atoms with Crippen molar-refractivity contribution in [1.29, 1.82) is 0 Å². The number of hydrogen-bond donors (Lipinski definition) is 3. The Balaban J connectivity index is 0.850. The summed E-state index contributed by atoms with van der Waals surface area (Å²) in [7, 11) is 5.98. The molecule has 0 unspecified atom stereocenters. The Labute approximate surface area is 327 Å². The number of nitrogens with zero attached hydrogens (tertiary/aromatic N) is 6. The highest BCUT2D eigenvalue weighted by Crippen LogP contribution is 2.34. The molecule has 3 N–H and O–H groups in total. The van der Waals surface area contributed by atoms with Crippen molar-refractivity contribution < 1.29 is 19.1 Å². The molecule has 0 atom stereocenters. The molecule has 0 bridgehead atoms. The summed E-state index contributed by atoms with van der Waals surface area (Å²) < 4.78 is 15.7. The number of amides is 3. The third-order valence-corrected chi connectivity index (χ3v) is 11.0. The standard InChI is InChI=1S/C41H49N9O4S/c1-42-55-33-12-14-37(47(2)3)36(27-33)45-39-34-13-11-32(26-35(34)43-29-44-39)53-24-5-19-48-21-16-41(17-22-48)28-49(23-25-54-41)18-4-6-30-7-9-31(10-8-30)50-20-15-38(51)46-40(50)52/h7-14,26-27,29,42H,5,15-25,28H2,1-3H3,(H,43,44,45)(H,46,51,52). The summed E-state index contributed by atoms with van der Waals surface area (Å²) in [5.41, 5.74) is 4.41. The molecule has 55 heavy (non-hydrogen) atoms. The summed E-state index contributed by atoms with van der Waals surface area (Å²) >= 11 is 1.57. The second-order valence-corrected chi connectivity index (χ2v) is 15.4. The predicted octanol–water partition coefficient (Wildman–Crippen LogP) is 5.10. The van der Waals surface area contributed by atoms with Gasteiger partial charge in [-0.3, -0.25) is 24.6 Å². The monoisotopic (exact) mass is 763 g/mol. The fraction of sp³-hybridized carbons (Fsp3) is 0.415. The molecule has 288 valence electrons. The van der Waals surface area contributed by atoms with Crippen molar-refractivity contribution in [2.24, 2.45) is 0 Å². The third kappa shape index (κ3) is 9.67. The molecule has 4 heterocycles. The Bertz CT molecular complexity index is 2040. The molecular formula is C41H49N9O4S. The third-order valence-electron chi connectivity index (χ3n) is 10.3. The molecule has 14 heteroatoms. The van der Waals surface area contributed by atoms with Gasteiger partial charge in [0, 0.05) is 87.4 Å². The molecule has 0 radical (unpaired) electrons. The van der Waals surface area contributed by atoms with Crippen LogP contribution in [0.1, 0.15) is 31.2 Å². The number of nitrogens with one attached hydrogen (secondary N) is 3. The number of ether oxygens (including phenoxy) is 2. The number of imide groups is 1. The molecule has 1 spiro atoms. The lowest BCUT2D eigenvalue weighted by Crippen LogP contribution is -2.56. The van der Waals surface area contributed by atoms with E-state index >= 15 is 0 Å². The number of hydrogen-bond acceptors (Lipinski definition) is 12. The van der Waals surface area contributed by atoms with Crippen molar-refractivity contribution in [3.8, 4) is 17.6 Å². The number of fused-ring (bicyclic) bond motifs is 1. The highest BCUT2D eigenvalue weighted by Gasteiger charge is 2.39. The van der Waals surface area contributed by atoms with Gasteiger partial charge < -0.3 is 24.6 Å². The van der Waals surface area contributed by atoms with Crippen LogP contribution in [0.2, 0.25) is 0 Å². The second kappa shape index (κ2) is 17.7. The zero-order valence-corrected chi connectivity index (χ0v) is 32.6.